The highest BCUT2D eigenvalue weighted by atomic mass is 35.5. The third-order valence-corrected chi connectivity index (χ3v) is 4.23. The van der Waals surface area contributed by atoms with Crippen LogP contribution in [0.2, 0.25) is 9.36 Å². The highest BCUT2D eigenvalue weighted by Crippen LogP contribution is 2.35. The first-order chi connectivity index (χ1) is 9.15. The van der Waals surface area contributed by atoms with Gasteiger partial charge in [-0.05, 0) is 12.1 Å². The minimum atomic E-state index is -0.151. The maximum absolute atomic E-state index is 11.6. The van der Waals surface area contributed by atoms with Gasteiger partial charge in [-0.2, -0.15) is 0 Å². The highest BCUT2D eigenvalue weighted by Gasteiger charge is 2.21. The van der Waals surface area contributed by atoms with Gasteiger partial charge >= 0.3 is 0 Å². The molecule has 1 aliphatic rings. The number of benzene rings is 1. The van der Waals surface area contributed by atoms with E-state index < -0.39 is 0 Å². The van der Waals surface area contributed by atoms with E-state index >= 15 is 0 Å². The Balaban J connectivity index is 2.20. The summed E-state index contributed by atoms with van der Waals surface area (Å²) in [6.07, 6.45) is 0. The lowest BCUT2D eigenvalue weighted by atomic mass is 10.0. The van der Waals surface area contributed by atoms with Crippen LogP contribution in [0.3, 0.4) is 0 Å². The number of rotatable bonds is 1. The summed E-state index contributed by atoms with van der Waals surface area (Å²) >= 11 is 13.5. The molecule has 1 aromatic heterocycles. The number of carbonyl (C=O) groups excluding carboxylic acids is 1. The molecule has 0 radical (unpaired) electrons. The predicted molar refractivity (Wildman–Crippen MR) is 79.9 cm³/mol. The van der Waals surface area contributed by atoms with Crippen molar-refractivity contribution in [3.8, 4) is 0 Å². The third kappa shape index (κ3) is 2.39. The second kappa shape index (κ2) is 4.96. The van der Waals surface area contributed by atoms with Crippen LogP contribution < -0.4 is 5.32 Å². The molecular formula is C13H8Cl2N2OS. The second-order valence-electron chi connectivity index (χ2n) is 3.99. The van der Waals surface area contributed by atoms with Crippen molar-refractivity contribution in [2.45, 2.75) is 0 Å². The summed E-state index contributed by atoms with van der Waals surface area (Å²) in [6, 6.07) is 9.22. The Morgan fingerprint density at radius 1 is 1.21 bits per heavy atom. The van der Waals surface area contributed by atoms with E-state index in [1.54, 1.807) is 12.1 Å². The van der Waals surface area contributed by atoms with Crippen LogP contribution in [0.1, 0.15) is 11.1 Å². The van der Waals surface area contributed by atoms with Gasteiger partial charge < -0.3 is 5.32 Å². The first-order valence-electron chi connectivity index (χ1n) is 5.54. The molecule has 96 valence electrons. The van der Waals surface area contributed by atoms with Crippen LogP contribution in [0.15, 0.2) is 35.3 Å². The van der Waals surface area contributed by atoms with Crippen LogP contribution in [0.4, 0.5) is 5.00 Å². The molecule has 0 unspecified atom stereocenters. The Morgan fingerprint density at radius 3 is 2.79 bits per heavy atom. The first kappa shape index (κ1) is 12.7. The molecule has 0 saturated heterocycles. The summed E-state index contributed by atoms with van der Waals surface area (Å²) in [5, 5.41) is 4.11. The van der Waals surface area contributed by atoms with Gasteiger partial charge in [-0.3, -0.25) is 9.79 Å². The largest absolute Gasteiger partial charge is 0.315 e. The highest BCUT2D eigenvalue weighted by molar-refractivity contribution is 7.20. The quantitative estimate of drug-likeness (QED) is 0.854. The monoisotopic (exact) mass is 310 g/mol. The molecule has 0 fully saturated rings. The van der Waals surface area contributed by atoms with Crippen LogP contribution in [0.25, 0.3) is 0 Å². The second-order valence-corrected chi connectivity index (χ2v) is 6.08. The zero-order valence-electron chi connectivity index (χ0n) is 9.61. The molecular weight excluding hydrogens is 303 g/mol. The van der Waals surface area contributed by atoms with Crippen LogP contribution in [-0.2, 0) is 4.79 Å². The zero-order valence-corrected chi connectivity index (χ0v) is 11.9. The van der Waals surface area contributed by atoms with Crippen molar-refractivity contribution in [1.82, 2.24) is 0 Å². The van der Waals surface area contributed by atoms with E-state index in [1.165, 1.54) is 11.3 Å². The smallest absolute Gasteiger partial charge is 0.246 e. The van der Waals surface area contributed by atoms with Crippen LogP contribution in [-0.4, -0.2) is 18.2 Å². The molecule has 0 atom stereocenters. The number of fused-ring (bicyclic) bond motifs is 1. The van der Waals surface area contributed by atoms with Crippen molar-refractivity contribution in [2.75, 3.05) is 11.9 Å². The summed E-state index contributed by atoms with van der Waals surface area (Å²) < 4.78 is 0.604. The lowest BCUT2D eigenvalue weighted by Crippen LogP contribution is -2.12. The summed E-state index contributed by atoms with van der Waals surface area (Å²) in [7, 11) is 0. The maximum Gasteiger partial charge on any atom is 0.246 e. The number of carbonyl (C=O) groups is 1. The molecule has 0 saturated carbocycles. The van der Waals surface area contributed by atoms with Gasteiger partial charge in [0.05, 0.1) is 10.0 Å². The molecule has 3 nitrogen and oxygen atoms in total. The molecule has 1 aliphatic heterocycles. The van der Waals surface area contributed by atoms with E-state index in [1.807, 2.05) is 18.2 Å². The molecule has 1 N–H and O–H groups in total. The van der Waals surface area contributed by atoms with Crippen LogP contribution in [0, 0.1) is 0 Å². The molecule has 19 heavy (non-hydrogen) atoms. The average Bonchev–Trinajstić information content (AvgIpc) is 2.65. The molecule has 2 heterocycles. The normalized spacial score (nSPS) is 14.4. The van der Waals surface area contributed by atoms with Crippen molar-refractivity contribution >= 4 is 51.2 Å². The third-order valence-electron chi connectivity index (χ3n) is 2.72. The molecule has 0 spiro atoms. The van der Waals surface area contributed by atoms with Gasteiger partial charge in [0.1, 0.15) is 11.5 Å². The van der Waals surface area contributed by atoms with E-state index in [4.69, 9.17) is 23.2 Å². The van der Waals surface area contributed by atoms with Gasteiger partial charge in [-0.15, -0.1) is 11.3 Å². The number of halogens is 2. The fraction of sp³-hybridized carbons (Fsp3) is 0.0769. The number of anilines is 1. The van der Waals surface area contributed by atoms with Crippen molar-refractivity contribution in [2.24, 2.45) is 4.99 Å². The van der Waals surface area contributed by atoms with Crippen molar-refractivity contribution in [3.63, 3.8) is 0 Å². The summed E-state index contributed by atoms with van der Waals surface area (Å²) in [5.41, 5.74) is 2.31. The standard InChI is InChI=1S/C13H8Cl2N2OS/c14-9-4-2-1-3-7(9)12-8-5-10(15)19-13(8)17-11(18)6-16-12/h1-5H,6H2,(H,17,18). The summed E-state index contributed by atoms with van der Waals surface area (Å²) in [4.78, 5) is 16.0. The van der Waals surface area contributed by atoms with Gasteiger partial charge in [-0.1, -0.05) is 41.4 Å². The number of thiophene rings is 1. The van der Waals surface area contributed by atoms with E-state index in [0.29, 0.717) is 20.1 Å². The lowest BCUT2D eigenvalue weighted by Gasteiger charge is -2.06. The summed E-state index contributed by atoms with van der Waals surface area (Å²) in [6.45, 7) is 0.0829. The molecule has 3 rings (SSSR count). The van der Waals surface area contributed by atoms with Crippen LogP contribution >= 0.6 is 34.5 Å². The van der Waals surface area contributed by atoms with Gasteiger partial charge in [-0.25, -0.2) is 0 Å². The molecule has 6 heteroatoms. The Kier molecular flexibility index (Phi) is 3.31. The Morgan fingerprint density at radius 2 is 2.00 bits per heavy atom. The van der Waals surface area contributed by atoms with E-state index in [9.17, 15) is 4.79 Å². The van der Waals surface area contributed by atoms with Crippen molar-refractivity contribution in [3.05, 3.63) is 50.8 Å². The molecule has 2 aromatic rings. The Labute approximate surface area is 123 Å². The van der Waals surface area contributed by atoms with Crippen molar-refractivity contribution < 1.29 is 4.79 Å². The predicted octanol–water partition coefficient (Wildman–Crippen LogP) is 3.84. The zero-order chi connectivity index (χ0) is 13.4. The summed E-state index contributed by atoms with van der Waals surface area (Å²) in [5.74, 6) is -0.151. The van der Waals surface area contributed by atoms with Gasteiger partial charge in [0.25, 0.3) is 0 Å². The molecule has 0 bridgehead atoms. The minimum absolute atomic E-state index is 0.0829. The van der Waals surface area contributed by atoms with Crippen molar-refractivity contribution in [1.29, 1.82) is 0 Å². The molecule has 1 aromatic carbocycles. The number of hydrogen-bond donors (Lipinski definition) is 1. The fourth-order valence-electron chi connectivity index (χ4n) is 1.92. The van der Waals surface area contributed by atoms with Gasteiger partial charge in [0, 0.05) is 16.1 Å². The fourth-order valence-corrected chi connectivity index (χ4v) is 3.28. The van der Waals surface area contributed by atoms with E-state index in [0.717, 1.165) is 11.1 Å². The number of amides is 1. The number of nitrogens with one attached hydrogen (secondary N) is 1. The topological polar surface area (TPSA) is 41.5 Å². The van der Waals surface area contributed by atoms with Gasteiger partial charge in [0.15, 0.2) is 0 Å². The Hall–Kier alpha value is -1.36. The van der Waals surface area contributed by atoms with Gasteiger partial charge in [0.2, 0.25) is 5.91 Å². The average molecular weight is 311 g/mol. The van der Waals surface area contributed by atoms with Crippen LogP contribution in [0.5, 0.6) is 0 Å². The maximum atomic E-state index is 11.6. The molecule has 0 aliphatic carbocycles. The lowest BCUT2D eigenvalue weighted by molar-refractivity contribution is -0.114. The molecule has 1 amide bonds. The Bertz CT molecular complexity index is 694. The van der Waals surface area contributed by atoms with E-state index in [2.05, 4.69) is 10.3 Å². The SMILES string of the molecule is O=C1CN=C(c2ccccc2Cl)c2cc(Cl)sc2N1. The number of hydrogen-bond acceptors (Lipinski definition) is 3. The minimum Gasteiger partial charge on any atom is -0.315 e. The number of nitrogens with zero attached hydrogens (tertiary/aromatic N) is 1. The first-order valence-corrected chi connectivity index (χ1v) is 7.11. The van der Waals surface area contributed by atoms with E-state index in [-0.39, 0.29) is 12.5 Å². The number of aliphatic imine (C=N–C) groups is 1.